The summed E-state index contributed by atoms with van der Waals surface area (Å²) in [4.78, 5) is 40.4. The summed E-state index contributed by atoms with van der Waals surface area (Å²) in [5.41, 5.74) is 1.99. The number of carbonyl (C=O) groups excluding carboxylic acids is 3. The molecule has 4 aromatic rings. The number of furan rings is 1. The summed E-state index contributed by atoms with van der Waals surface area (Å²) in [6.07, 6.45) is 1.43. The van der Waals surface area contributed by atoms with E-state index in [0.717, 1.165) is 0 Å². The number of ether oxygens (including phenoxy) is 2. The zero-order valence-corrected chi connectivity index (χ0v) is 19.8. The average molecular weight is 492 g/mol. The van der Waals surface area contributed by atoms with Crippen LogP contribution in [-0.4, -0.2) is 60.1 Å². The molecule has 0 fully saturated rings. The van der Waals surface area contributed by atoms with Crippen molar-refractivity contribution in [3.05, 3.63) is 78.3 Å². The number of hydrogen-bond acceptors (Lipinski definition) is 8. The summed E-state index contributed by atoms with van der Waals surface area (Å²) in [6.45, 7) is 0.342. The molecule has 1 N–H and O–H groups in total. The highest BCUT2D eigenvalue weighted by molar-refractivity contribution is 6.01. The molecule has 4 rings (SSSR count). The van der Waals surface area contributed by atoms with Gasteiger partial charge in [-0.1, -0.05) is 17.3 Å². The van der Waals surface area contributed by atoms with Gasteiger partial charge in [0.15, 0.2) is 6.04 Å². The molecule has 36 heavy (non-hydrogen) atoms. The third-order valence-corrected chi connectivity index (χ3v) is 5.47. The molecular formula is C25H25N5O6. The van der Waals surface area contributed by atoms with E-state index in [0.29, 0.717) is 28.9 Å². The normalized spacial score (nSPS) is 11.7. The molecule has 186 valence electrons. The smallest absolute Gasteiger partial charge is 0.337 e. The topological polar surface area (TPSA) is 129 Å². The maximum Gasteiger partial charge on any atom is 0.337 e. The van der Waals surface area contributed by atoms with Crippen LogP contribution in [0.3, 0.4) is 0 Å². The van der Waals surface area contributed by atoms with Gasteiger partial charge in [0.2, 0.25) is 5.91 Å². The molecule has 2 aromatic heterocycles. The molecule has 0 aliphatic heterocycles. The zero-order chi connectivity index (χ0) is 25.5. The van der Waals surface area contributed by atoms with Gasteiger partial charge in [0.05, 0.1) is 31.1 Å². The lowest BCUT2D eigenvalue weighted by Gasteiger charge is -2.30. The lowest BCUT2D eigenvalue weighted by Crippen LogP contribution is -2.45. The molecule has 1 unspecified atom stereocenters. The number of fused-ring (bicyclic) bond motifs is 1. The minimum atomic E-state index is -1.14. The Morgan fingerprint density at radius 3 is 2.53 bits per heavy atom. The fraction of sp³-hybridized carbons (Fsp3) is 0.240. The van der Waals surface area contributed by atoms with Gasteiger partial charge in [-0.05, 0) is 48.5 Å². The minimum Gasteiger partial charge on any atom is -0.467 e. The van der Waals surface area contributed by atoms with Crippen LogP contribution in [0.1, 0.15) is 22.2 Å². The van der Waals surface area contributed by atoms with E-state index < -0.39 is 23.8 Å². The van der Waals surface area contributed by atoms with E-state index >= 15 is 0 Å². The number of aromatic nitrogens is 3. The molecule has 2 heterocycles. The van der Waals surface area contributed by atoms with Gasteiger partial charge in [0.1, 0.15) is 17.8 Å². The van der Waals surface area contributed by atoms with Crippen LogP contribution in [0.4, 0.5) is 5.69 Å². The van der Waals surface area contributed by atoms with Crippen molar-refractivity contribution in [3.8, 4) is 0 Å². The Bertz CT molecular complexity index is 1330. The molecule has 0 aliphatic carbocycles. The first-order valence-corrected chi connectivity index (χ1v) is 11.1. The molecule has 1 atom stereocenters. The van der Waals surface area contributed by atoms with Crippen LogP contribution in [0.15, 0.2) is 71.3 Å². The quantitative estimate of drug-likeness (QED) is 0.264. The number of para-hydroxylation sites is 1. The van der Waals surface area contributed by atoms with Crippen LogP contribution < -0.4 is 10.2 Å². The van der Waals surface area contributed by atoms with Crippen LogP contribution >= 0.6 is 0 Å². The summed E-state index contributed by atoms with van der Waals surface area (Å²) >= 11 is 0. The number of nitrogens with one attached hydrogen (secondary N) is 1. The van der Waals surface area contributed by atoms with Crippen LogP contribution in [0.2, 0.25) is 0 Å². The van der Waals surface area contributed by atoms with Gasteiger partial charge in [-0.15, -0.1) is 5.10 Å². The summed E-state index contributed by atoms with van der Waals surface area (Å²) in [6, 6.07) is 15.6. The Labute approximate surface area is 206 Å². The maximum atomic E-state index is 13.8. The van der Waals surface area contributed by atoms with Gasteiger partial charge in [0, 0.05) is 19.3 Å². The molecule has 0 aliphatic rings. The van der Waals surface area contributed by atoms with Crippen LogP contribution in [0.25, 0.3) is 11.0 Å². The Morgan fingerprint density at radius 1 is 1.06 bits per heavy atom. The van der Waals surface area contributed by atoms with E-state index in [1.807, 2.05) is 12.1 Å². The zero-order valence-electron chi connectivity index (χ0n) is 19.8. The van der Waals surface area contributed by atoms with Crippen molar-refractivity contribution in [2.24, 2.45) is 0 Å². The predicted octanol–water partition coefficient (Wildman–Crippen LogP) is 2.35. The monoisotopic (exact) mass is 491 g/mol. The van der Waals surface area contributed by atoms with E-state index in [4.69, 9.17) is 13.9 Å². The first kappa shape index (κ1) is 24.6. The fourth-order valence-corrected chi connectivity index (χ4v) is 3.74. The van der Waals surface area contributed by atoms with E-state index in [1.54, 1.807) is 36.4 Å². The third-order valence-electron chi connectivity index (χ3n) is 5.47. The number of anilines is 1. The average Bonchev–Trinajstić information content (AvgIpc) is 3.57. The summed E-state index contributed by atoms with van der Waals surface area (Å²) in [5.74, 6) is -1.16. The lowest BCUT2D eigenvalue weighted by molar-refractivity contribution is -0.127. The van der Waals surface area contributed by atoms with E-state index in [-0.39, 0.29) is 18.8 Å². The molecule has 0 saturated heterocycles. The maximum absolute atomic E-state index is 13.8. The van der Waals surface area contributed by atoms with Crippen molar-refractivity contribution in [1.82, 2.24) is 20.3 Å². The van der Waals surface area contributed by atoms with Crippen molar-refractivity contribution in [2.75, 3.05) is 32.3 Å². The number of rotatable bonds is 10. The second-order valence-electron chi connectivity index (χ2n) is 7.74. The Hall–Kier alpha value is -4.51. The summed E-state index contributed by atoms with van der Waals surface area (Å²) in [5, 5.41) is 11.0. The highest BCUT2D eigenvalue weighted by Gasteiger charge is 2.35. The number of methoxy groups -OCH3 is 2. The third kappa shape index (κ3) is 5.26. The minimum absolute atomic E-state index is 0.193. The molecule has 0 spiro atoms. The Balaban J connectivity index is 1.74. The van der Waals surface area contributed by atoms with Gasteiger partial charge in [-0.25, -0.2) is 9.48 Å². The Kier molecular flexibility index (Phi) is 7.71. The molecule has 11 nitrogen and oxygen atoms in total. The number of nitrogens with zero attached hydrogens (tertiary/aromatic N) is 4. The molecule has 2 aromatic carbocycles. The predicted molar refractivity (Wildman–Crippen MR) is 129 cm³/mol. The molecular weight excluding hydrogens is 466 g/mol. The largest absolute Gasteiger partial charge is 0.467 e. The molecule has 2 amide bonds. The van der Waals surface area contributed by atoms with Gasteiger partial charge >= 0.3 is 5.97 Å². The fourth-order valence-electron chi connectivity index (χ4n) is 3.74. The lowest BCUT2D eigenvalue weighted by atomic mass is 10.1. The van der Waals surface area contributed by atoms with Gasteiger partial charge in [-0.3, -0.25) is 14.5 Å². The standard InChI is InChI=1S/C25H25N5O6/c1-34-15-13-26-24(32)23(21-8-5-14-36-21)30(18-11-9-17(10-12-18)25(33)35-2)22(31)16-29-20-7-4-3-6-19(20)27-28-29/h3-12,14,23H,13,15-16H2,1-2H3,(H,26,32). The van der Waals surface area contributed by atoms with Crippen molar-refractivity contribution < 1.29 is 28.3 Å². The number of benzene rings is 2. The highest BCUT2D eigenvalue weighted by Crippen LogP contribution is 2.29. The highest BCUT2D eigenvalue weighted by atomic mass is 16.5. The number of carbonyl (C=O) groups is 3. The van der Waals surface area contributed by atoms with Crippen LogP contribution in [-0.2, 0) is 25.6 Å². The van der Waals surface area contributed by atoms with Crippen molar-refractivity contribution in [1.29, 1.82) is 0 Å². The van der Waals surface area contributed by atoms with E-state index in [1.165, 1.54) is 42.2 Å². The van der Waals surface area contributed by atoms with Gasteiger partial charge < -0.3 is 19.2 Å². The van der Waals surface area contributed by atoms with Crippen molar-refractivity contribution >= 4 is 34.5 Å². The van der Waals surface area contributed by atoms with Gasteiger partial charge in [-0.2, -0.15) is 0 Å². The second-order valence-corrected chi connectivity index (χ2v) is 7.74. The summed E-state index contributed by atoms with van der Waals surface area (Å²) < 4.78 is 16.8. The van der Waals surface area contributed by atoms with Crippen LogP contribution in [0.5, 0.6) is 0 Å². The van der Waals surface area contributed by atoms with E-state index in [9.17, 15) is 14.4 Å². The molecule has 0 bridgehead atoms. The first-order chi connectivity index (χ1) is 17.5. The van der Waals surface area contributed by atoms with Crippen LogP contribution in [0, 0.1) is 0 Å². The second kappa shape index (κ2) is 11.3. The number of amides is 2. The number of hydrogen-bond donors (Lipinski definition) is 1. The molecule has 0 radical (unpaired) electrons. The van der Waals surface area contributed by atoms with Crippen molar-refractivity contribution in [2.45, 2.75) is 12.6 Å². The Morgan fingerprint density at radius 2 is 1.83 bits per heavy atom. The molecule has 11 heteroatoms. The first-order valence-electron chi connectivity index (χ1n) is 11.1. The molecule has 0 saturated carbocycles. The number of esters is 1. The van der Waals surface area contributed by atoms with E-state index in [2.05, 4.69) is 15.6 Å². The van der Waals surface area contributed by atoms with Crippen molar-refractivity contribution in [3.63, 3.8) is 0 Å². The SMILES string of the molecule is COCCNC(=O)C(c1ccco1)N(C(=O)Cn1nnc2ccccc21)c1ccc(C(=O)OC)cc1. The summed E-state index contributed by atoms with van der Waals surface area (Å²) in [7, 11) is 2.81. The van der Waals surface area contributed by atoms with Gasteiger partial charge in [0.25, 0.3) is 5.91 Å².